The molecule has 1 aromatic carbocycles. The van der Waals surface area contributed by atoms with E-state index in [0.29, 0.717) is 5.02 Å². The van der Waals surface area contributed by atoms with E-state index in [1.165, 1.54) is 63.5 Å². The number of carboxylic acid groups (broad SMARTS) is 1. The van der Waals surface area contributed by atoms with Gasteiger partial charge in [-0.15, -0.1) is 6.58 Å². The Labute approximate surface area is 175 Å². The third-order valence-electron chi connectivity index (χ3n) is 6.25. The standard InChI is InChI=1S/C17H30.C7H5ClO3/c1-2-3-5-8-15-11-13-17(14-12-15)16-9-6-4-7-10-16;8-5-1-3-6(4-2-5)11-7(9)10/h2,15-17H,1,3-14H2;1-4H,(H,9,10)/t15-,17-;. The topological polar surface area (TPSA) is 46.5 Å². The molecule has 0 spiro atoms. The minimum atomic E-state index is -1.33. The van der Waals surface area contributed by atoms with E-state index in [1.54, 1.807) is 37.8 Å². The van der Waals surface area contributed by atoms with Crippen LogP contribution in [-0.2, 0) is 0 Å². The molecule has 0 unspecified atom stereocenters. The zero-order valence-electron chi connectivity index (χ0n) is 17.0. The molecule has 2 aliphatic carbocycles. The summed E-state index contributed by atoms with van der Waals surface area (Å²) in [4.78, 5) is 10.00. The Bertz CT molecular complexity index is 570. The maximum atomic E-state index is 10.00. The van der Waals surface area contributed by atoms with Crippen molar-refractivity contribution in [3.8, 4) is 5.75 Å². The van der Waals surface area contributed by atoms with E-state index >= 15 is 0 Å². The van der Waals surface area contributed by atoms with Crippen LogP contribution in [-0.4, -0.2) is 11.3 Å². The summed E-state index contributed by atoms with van der Waals surface area (Å²) in [6, 6.07) is 6.08. The lowest BCUT2D eigenvalue weighted by atomic mass is 9.70. The molecule has 3 nitrogen and oxygen atoms in total. The van der Waals surface area contributed by atoms with Gasteiger partial charge in [0.25, 0.3) is 0 Å². The van der Waals surface area contributed by atoms with E-state index in [1.807, 2.05) is 0 Å². The molecular weight excluding hydrogens is 372 g/mol. The van der Waals surface area contributed by atoms with Crippen LogP contribution in [0.1, 0.15) is 77.0 Å². The van der Waals surface area contributed by atoms with E-state index in [2.05, 4.69) is 17.4 Å². The lowest BCUT2D eigenvalue weighted by molar-refractivity contribution is 0.144. The van der Waals surface area contributed by atoms with Crippen LogP contribution < -0.4 is 4.74 Å². The molecular formula is C24H35ClO3. The zero-order chi connectivity index (χ0) is 20.2. The fourth-order valence-corrected chi connectivity index (χ4v) is 4.83. The van der Waals surface area contributed by atoms with Crippen LogP contribution in [0.5, 0.6) is 5.75 Å². The first-order valence-corrected chi connectivity index (χ1v) is 11.2. The van der Waals surface area contributed by atoms with Gasteiger partial charge >= 0.3 is 6.16 Å². The highest BCUT2D eigenvalue weighted by molar-refractivity contribution is 6.30. The smallest absolute Gasteiger partial charge is 0.449 e. The first-order chi connectivity index (χ1) is 13.6. The minimum absolute atomic E-state index is 0.266. The lowest BCUT2D eigenvalue weighted by Crippen LogP contribution is -2.23. The number of halogens is 1. The minimum Gasteiger partial charge on any atom is -0.449 e. The second-order valence-corrected chi connectivity index (χ2v) is 8.66. The number of benzene rings is 1. The number of hydrogen-bond donors (Lipinski definition) is 1. The summed E-state index contributed by atoms with van der Waals surface area (Å²) in [5.41, 5.74) is 0. The SMILES string of the molecule is C=CCCC[C@H]1CC[C@H](C2CCCCC2)CC1.O=C(O)Oc1ccc(Cl)cc1. The molecule has 0 radical (unpaired) electrons. The molecule has 0 amide bonds. The van der Waals surface area contributed by atoms with Gasteiger partial charge in [-0.25, -0.2) is 4.79 Å². The normalized spacial score (nSPS) is 22.6. The predicted molar refractivity (Wildman–Crippen MR) is 116 cm³/mol. The Balaban J connectivity index is 0.000000221. The van der Waals surface area contributed by atoms with E-state index in [0.717, 1.165) is 17.8 Å². The Morgan fingerprint density at radius 3 is 2.21 bits per heavy atom. The summed E-state index contributed by atoms with van der Waals surface area (Å²) >= 11 is 5.55. The van der Waals surface area contributed by atoms with Crippen LogP contribution in [0.4, 0.5) is 4.79 Å². The molecule has 2 saturated carbocycles. The van der Waals surface area contributed by atoms with E-state index < -0.39 is 6.16 Å². The van der Waals surface area contributed by atoms with Gasteiger partial charge in [0.1, 0.15) is 5.75 Å². The van der Waals surface area contributed by atoms with Crippen molar-refractivity contribution in [3.63, 3.8) is 0 Å². The predicted octanol–water partition coefficient (Wildman–Crippen LogP) is 8.13. The molecule has 0 bridgehead atoms. The second kappa shape index (κ2) is 12.9. The number of ether oxygens (including phenoxy) is 1. The number of hydrogen-bond acceptors (Lipinski definition) is 2. The van der Waals surface area contributed by atoms with Gasteiger partial charge in [-0.05, 0) is 67.7 Å². The number of rotatable bonds is 6. The van der Waals surface area contributed by atoms with Gasteiger partial charge < -0.3 is 9.84 Å². The van der Waals surface area contributed by atoms with Crippen molar-refractivity contribution >= 4 is 17.8 Å². The van der Waals surface area contributed by atoms with Crippen molar-refractivity contribution in [1.29, 1.82) is 0 Å². The molecule has 0 heterocycles. The molecule has 1 aromatic rings. The van der Waals surface area contributed by atoms with Crippen LogP contribution in [0.3, 0.4) is 0 Å². The van der Waals surface area contributed by atoms with Crippen molar-refractivity contribution in [2.24, 2.45) is 17.8 Å². The van der Waals surface area contributed by atoms with Crippen LogP contribution >= 0.6 is 11.6 Å². The van der Waals surface area contributed by atoms with Gasteiger partial charge in [-0.3, -0.25) is 0 Å². The van der Waals surface area contributed by atoms with E-state index in [4.69, 9.17) is 16.7 Å². The quantitative estimate of drug-likeness (QED) is 0.224. The number of unbranched alkanes of at least 4 members (excludes halogenated alkanes) is 1. The van der Waals surface area contributed by atoms with Crippen LogP contribution in [0, 0.1) is 17.8 Å². The van der Waals surface area contributed by atoms with Gasteiger partial charge in [0.05, 0.1) is 0 Å². The average molecular weight is 407 g/mol. The summed E-state index contributed by atoms with van der Waals surface area (Å²) in [6.45, 7) is 3.82. The monoisotopic (exact) mass is 406 g/mol. The van der Waals surface area contributed by atoms with Crippen LogP contribution in [0.2, 0.25) is 5.02 Å². The van der Waals surface area contributed by atoms with Crippen molar-refractivity contribution < 1.29 is 14.6 Å². The molecule has 4 heteroatoms. The van der Waals surface area contributed by atoms with Crippen molar-refractivity contribution in [3.05, 3.63) is 41.9 Å². The van der Waals surface area contributed by atoms with Crippen LogP contribution in [0.25, 0.3) is 0 Å². The third-order valence-corrected chi connectivity index (χ3v) is 6.50. The Kier molecular flexibility index (Phi) is 10.5. The Morgan fingerprint density at radius 1 is 1.04 bits per heavy atom. The van der Waals surface area contributed by atoms with Crippen LogP contribution in [0.15, 0.2) is 36.9 Å². The van der Waals surface area contributed by atoms with Crippen molar-refractivity contribution in [2.75, 3.05) is 0 Å². The average Bonchev–Trinajstić information content (AvgIpc) is 2.71. The molecule has 0 atom stereocenters. The highest BCUT2D eigenvalue weighted by Gasteiger charge is 2.28. The van der Waals surface area contributed by atoms with E-state index in [-0.39, 0.29) is 5.75 Å². The molecule has 0 saturated heterocycles. The molecule has 0 aromatic heterocycles. The fraction of sp³-hybridized carbons (Fsp3) is 0.625. The third kappa shape index (κ3) is 8.68. The van der Waals surface area contributed by atoms with Gasteiger partial charge in [-0.1, -0.05) is 69.0 Å². The van der Waals surface area contributed by atoms with Gasteiger partial charge in [0.15, 0.2) is 0 Å². The molecule has 28 heavy (non-hydrogen) atoms. The summed E-state index contributed by atoms with van der Waals surface area (Å²) in [5, 5.41) is 8.73. The maximum absolute atomic E-state index is 10.00. The first-order valence-electron chi connectivity index (χ1n) is 10.9. The van der Waals surface area contributed by atoms with Crippen molar-refractivity contribution in [1.82, 2.24) is 0 Å². The Morgan fingerprint density at radius 2 is 1.64 bits per heavy atom. The maximum Gasteiger partial charge on any atom is 0.511 e. The highest BCUT2D eigenvalue weighted by atomic mass is 35.5. The van der Waals surface area contributed by atoms with E-state index in [9.17, 15) is 4.79 Å². The lowest BCUT2D eigenvalue weighted by Gasteiger charge is -2.35. The molecule has 0 aliphatic heterocycles. The summed E-state index contributed by atoms with van der Waals surface area (Å²) < 4.78 is 4.33. The number of allylic oxidation sites excluding steroid dienone is 1. The largest absolute Gasteiger partial charge is 0.511 e. The Hall–Kier alpha value is -1.48. The molecule has 2 fully saturated rings. The van der Waals surface area contributed by atoms with Gasteiger partial charge in [-0.2, -0.15) is 0 Å². The molecule has 156 valence electrons. The van der Waals surface area contributed by atoms with Gasteiger partial charge in [0, 0.05) is 5.02 Å². The summed E-state index contributed by atoms with van der Waals surface area (Å²) in [6.07, 6.45) is 18.6. The molecule has 3 rings (SSSR count). The highest BCUT2D eigenvalue weighted by Crippen LogP contribution is 2.40. The van der Waals surface area contributed by atoms with Crippen molar-refractivity contribution in [2.45, 2.75) is 77.0 Å². The molecule has 1 N–H and O–H groups in total. The molecule has 2 aliphatic rings. The summed E-state index contributed by atoms with van der Waals surface area (Å²) in [5.74, 6) is 3.53. The number of carbonyl (C=O) groups is 1. The van der Waals surface area contributed by atoms with Gasteiger partial charge in [0.2, 0.25) is 0 Å². The fourth-order valence-electron chi connectivity index (χ4n) is 4.71. The first kappa shape index (κ1) is 22.8. The second-order valence-electron chi connectivity index (χ2n) is 8.22. The zero-order valence-corrected chi connectivity index (χ0v) is 17.7. The summed E-state index contributed by atoms with van der Waals surface area (Å²) in [7, 11) is 0.